The number of amides is 2. The number of carbonyl (C=O) groups is 1. The molecule has 1 unspecified atom stereocenters. The summed E-state index contributed by atoms with van der Waals surface area (Å²) in [4.78, 5) is 14.1. The summed E-state index contributed by atoms with van der Waals surface area (Å²) in [6.07, 6.45) is 0.327. The predicted molar refractivity (Wildman–Crippen MR) is 104 cm³/mol. The van der Waals surface area contributed by atoms with Gasteiger partial charge in [-0.2, -0.15) is 0 Å². The maximum absolute atomic E-state index is 12.7. The zero-order valence-corrected chi connectivity index (χ0v) is 16.1. The van der Waals surface area contributed by atoms with E-state index in [1.54, 1.807) is 29.2 Å². The lowest BCUT2D eigenvalue weighted by atomic mass is 10.1. The Labute approximate surface area is 158 Å². The van der Waals surface area contributed by atoms with Gasteiger partial charge < -0.3 is 10.2 Å². The third-order valence-electron chi connectivity index (χ3n) is 4.67. The minimum absolute atomic E-state index is 0.0793. The molecule has 2 aromatic carbocycles. The van der Waals surface area contributed by atoms with Crippen molar-refractivity contribution in [2.24, 2.45) is 0 Å². The molecular formula is C19H21ClN2O3S. The summed E-state index contributed by atoms with van der Waals surface area (Å²) in [5, 5.41) is 2.62. The molecule has 1 fully saturated rings. The van der Waals surface area contributed by atoms with Gasteiger partial charge in [-0.25, -0.2) is 13.2 Å². The fraction of sp³-hybridized carbons (Fsp3) is 0.316. The number of para-hydroxylation sites is 1. The van der Waals surface area contributed by atoms with E-state index in [4.69, 9.17) is 11.6 Å². The normalized spacial score (nSPS) is 19.6. The smallest absolute Gasteiger partial charge is 0.321 e. The van der Waals surface area contributed by atoms with Gasteiger partial charge in [0.25, 0.3) is 0 Å². The van der Waals surface area contributed by atoms with E-state index in [2.05, 4.69) is 5.32 Å². The summed E-state index contributed by atoms with van der Waals surface area (Å²) in [6.45, 7) is 2.43. The Morgan fingerprint density at radius 1 is 1.12 bits per heavy atom. The highest BCUT2D eigenvalue weighted by Crippen LogP contribution is 2.34. The Kier molecular flexibility index (Phi) is 5.53. The fourth-order valence-electron chi connectivity index (χ4n) is 3.14. The first-order valence-corrected chi connectivity index (χ1v) is 10.6. The van der Waals surface area contributed by atoms with Gasteiger partial charge >= 0.3 is 6.03 Å². The molecule has 1 heterocycles. The molecule has 1 aliphatic heterocycles. The van der Waals surface area contributed by atoms with Crippen molar-refractivity contribution in [2.45, 2.75) is 18.6 Å². The molecule has 0 radical (unpaired) electrons. The van der Waals surface area contributed by atoms with E-state index in [1.165, 1.54) is 0 Å². The van der Waals surface area contributed by atoms with Crippen molar-refractivity contribution >= 4 is 33.2 Å². The summed E-state index contributed by atoms with van der Waals surface area (Å²) in [7, 11) is -3.39. The zero-order valence-electron chi connectivity index (χ0n) is 14.5. The third-order valence-corrected chi connectivity index (χ3v) is 7.12. The third kappa shape index (κ3) is 4.02. The Hall–Kier alpha value is -2.05. The molecule has 7 heteroatoms. The molecule has 2 amide bonds. The van der Waals surface area contributed by atoms with Gasteiger partial charge in [0.2, 0.25) is 0 Å². The number of carbonyl (C=O) groups excluding carboxylic acids is 1. The summed E-state index contributed by atoms with van der Waals surface area (Å²) < 4.78 is 25.4. The maximum atomic E-state index is 12.7. The minimum Gasteiger partial charge on any atom is -0.323 e. The number of halogens is 1. The highest BCUT2D eigenvalue weighted by molar-refractivity contribution is 7.91. The number of hydrogen-bond donors (Lipinski definition) is 1. The van der Waals surface area contributed by atoms with Crippen LogP contribution in [0.1, 0.15) is 22.8 Å². The van der Waals surface area contributed by atoms with E-state index in [0.29, 0.717) is 23.6 Å². The average molecular weight is 393 g/mol. The molecular weight excluding hydrogens is 372 g/mol. The van der Waals surface area contributed by atoms with Gasteiger partial charge in [-0.1, -0.05) is 48.0 Å². The molecule has 0 bridgehead atoms. The molecule has 1 aliphatic rings. The summed E-state index contributed by atoms with van der Waals surface area (Å²) in [5.74, 6) is -0.0793. The van der Waals surface area contributed by atoms with Crippen LogP contribution in [-0.2, 0) is 9.84 Å². The van der Waals surface area contributed by atoms with Crippen molar-refractivity contribution in [2.75, 3.05) is 24.2 Å². The first-order valence-electron chi connectivity index (χ1n) is 8.46. The Bertz CT molecular complexity index is 915. The van der Waals surface area contributed by atoms with Crippen LogP contribution in [0.5, 0.6) is 0 Å². The average Bonchev–Trinajstić information content (AvgIpc) is 2.76. The molecule has 26 heavy (non-hydrogen) atoms. The Morgan fingerprint density at radius 3 is 2.54 bits per heavy atom. The highest BCUT2D eigenvalue weighted by atomic mass is 35.5. The summed E-state index contributed by atoms with van der Waals surface area (Å²) in [6, 6.07) is 14.2. The quantitative estimate of drug-likeness (QED) is 0.838. The van der Waals surface area contributed by atoms with E-state index in [9.17, 15) is 13.2 Å². The van der Waals surface area contributed by atoms with Gasteiger partial charge in [0.15, 0.2) is 9.84 Å². The number of rotatable bonds is 2. The first-order chi connectivity index (χ1) is 12.4. The highest BCUT2D eigenvalue weighted by Gasteiger charge is 2.33. The van der Waals surface area contributed by atoms with Crippen LogP contribution in [-0.4, -0.2) is 38.2 Å². The van der Waals surface area contributed by atoms with Crippen LogP contribution in [0, 0.1) is 6.92 Å². The van der Waals surface area contributed by atoms with Crippen LogP contribution in [0.3, 0.4) is 0 Å². The Morgan fingerprint density at radius 2 is 1.81 bits per heavy atom. The molecule has 3 rings (SSSR count). The number of anilines is 1. The van der Waals surface area contributed by atoms with Gasteiger partial charge in [-0.15, -0.1) is 0 Å². The molecule has 1 atom stereocenters. The lowest BCUT2D eigenvalue weighted by Crippen LogP contribution is -2.37. The zero-order chi connectivity index (χ0) is 18.7. The standard InChI is InChI=1S/C19H21ClN2O3S/c1-14-6-2-5-9-17(14)21-19(23)22-11-10-18(26(24,25)13-12-22)15-7-3-4-8-16(15)20/h2-9,18H,10-13H2,1H3,(H,21,23). The second kappa shape index (κ2) is 7.68. The molecule has 0 aromatic heterocycles. The molecule has 0 aliphatic carbocycles. The molecule has 1 saturated heterocycles. The van der Waals surface area contributed by atoms with Crippen molar-refractivity contribution in [3.8, 4) is 0 Å². The van der Waals surface area contributed by atoms with E-state index in [-0.39, 0.29) is 18.3 Å². The van der Waals surface area contributed by atoms with Gasteiger partial charge in [-0.3, -0.25) is 0 Å². The molecule has 0 spiro atoms. The van der Waals surface area contributed by atoms with Crippen molar-refractivity contribution < 1.29 is 13.2 Å². The minimum atomic E-state index is -3.39. The SMILES string of the molecule is Cc1ccccc1NC(=O)N1CCC(c2ccccc2Cl)S(=O)(=O)CC1. The molecule has 5 nitrogen and oxygen atoms in total. The summed E-state index contributed by atoms with van der Waals surface area (Å²) in [5.41, 5.74) is 2.29. The largest absolute Gasteiger partial charge is 0.323 e. The summed E-state index contributed by atoms with van der Waals surface area (Å²) >= 11 is 6.20. The van der Waals surface area contributed by atoms with Crippen LogP contribution in [0.25, 0.3) is 0 Å². The molecule has 1 N–H and O–H groups in total. The lowest BCUT2D eigenvalue weighted by molar-refractivity contribution is 0.215. The van der Waals surface area contributed by atoms with Crippen LogP contribution >= 0.6 is 11.6 Å². The van der Waals surface area contributed by atoms with Gasteiger partial charge in [0, 0.05) is 23.8 Å². The molecule has 2 aromatic rings. The number of nitrogens with zero attached hydrogens (tertiary/aromatic N) is 1. The maximum Gasteiger partial charge on any atom is 0.321 e. The van der Waals surface area contributed by atoms with Crippen LogP contribution in [0.4, 0.5) is 10.5 Å². The lowest BCUT2D eigenvalue weighted by Gasteiger charge is -2.21. The van der Waals surface area contributed by atoms with Gasteiger partial charge in [0.05, 0.1) is 11.0 Å². The second-order valence-electron chi connectivity index (χ2n) is 6.40. The first kappa shape index (κ1) is 18.7. The van der Waals surface area contributed by atoms with E-state index in [0.717, 1.165) is 11.3 Å². The molecule has 138 valence electrons. The number of hydrogen-bond acceptors (Lipinski definition) is 3. The van der Waals surface area contributed by atoms with Gasteiger partial charge in [-0.05, 0) is 36.6 Å². The van der Waals surface area contributed by atoms with Crippen molar-refractivity contribution in [3.63, 3.8) is 0 Å². The van der Waals surface area contributed by atoms with Crippen LogP contribution < -0.4 is 5.32 Å². The number of benzene rings is 2. The van der Waals surface area contributed by atoms with Crippen molar-refractivity contribution in [1.82, 2.24) is 4.90 Å². The van der Waals surface area contributed by atoms with E-state index in [1.807, 2.05) is 31.2 Å². The Balaban J connectivity index is 1.77. The number of nitrogens with one attached hydrogen (secondary N) is 1. The van der Waals surface area contributed by atoms with Crippen molar-refractivity contribution in [1.29, 1.82) is 0 Å². The topological polar surface area (TPSA) is 66.5 Å². The number of urea groups is 1. The monoisotopic (exact) mass is 392 g/mol. The van der Waals surface area contributed by atoms with Crippen LogP contribution in [0.2, 0.25) is 5.02 Å². The second-order valence-corrected chi connectivity index (χ2v) is 9.11. The number of aryl methyl sites for hydroxylation is 1. The predicted octanol–water partition coefficient (Wildman–Crippen LogP) is 4.04. The molecule has 0 saturated carbocycles. The van der Waals surface area contributed by atoms with Crippen molar-refractivity contribution in [3.05, 3.63) is 64.7 Å². The van der Waals surface area contributed by atoms with E-state index >= 15 is 0 Å². The van der Waals surface area contributed by atoms with Gasteiger partial charge in [0.1, 0.15) is 0 Å². The number of sulfone groups is 1. The van der Waals surface area contributed by atoms with Crippen LogP contribution in [0.15, 0.2) is 48.5 Å². The fourth-order valence-corrected chi connectivity index (χ4v) is 5.29. The van der Waals surface area contributed by atoms with E-state index < -0.39 is 15.1 Å².